The predicted molar refractivity (Wildman–Crippen MR) is 44.4 cm³/mol. The van der Waals surface area contributed by atoms with E-state index in [0.29, 0.717) is 18.7 Å². The van der Waals surface area contributed by atoms with Crippen LogP contribution in [-0.4, -0.2) is 18.0 Å². The summed E-state index contributed by atoms with van der Waals surface area (Å²) in [5.41, 5.74) is 0.682. The molecule has 12 heavy (non-hydrogen) atoms. The van der Waals surface area contributed by atoms with Gasteiger partial charge in [0.05, 0.1) is 12.3 Å². The molecule has 0 radical (unpaired) electrons. The lowest BCUT2D eigenvalue weighted by molar-refractivity contribution is -0.113. The number of hydrogen-bond donors (Lipinski definition) is 0. The number of aromatic nitrogens is 1. The van der Waals surface area contributed by atoms with Crippen LogP contribution in [0.1, 0.15) is 6.92 Å². The fourth-order valence-corrected chi connectivity index (χ4v) is 0.796. The summed E-state index contributed by atoms with van der Waals surface area (Å²) in [4.78, 5) is 19.3. The molecule has 0 saturated heterocycles. The van der Waals surface area contributed by atoms with Gasteiger partial charge in [0.15, 0.2) is 0 Å². The second kappa shape index (κ2) is 4.46. The molecule has 64 valence electrons. The molecular weight excluding hydrogens is 156 g/mol. The first-order chi connectivity index (χ1) is 5.88. The first-order valence-electron chi connectivity index (χ1n) is 3.66. The summed E-state index contributed by atoms with van der Waals surface area (Å²) in [5, 5.41) is 1.17. The number of amides is 1. The van der Waals surface area contributed by atoms with Gasteiger partial charge < -0.3 is 0 Å². The van der Waals surface area contributed by atoms with Crippen molar-refractivity contribution < 1.29 is 9.63 Å². The van der Waals surface area contributed by atoms with E-state index in [1.807, 2.05) is 6.92 Å². The van der Waals surface area contributed by atoms with E-state index in [0.717, 1.165) is 0 Å². The minimum Gasteiger partial charge on any atom is -0.276 e. The van der Waals surface area contributed by atoms with Crippen molar-refractivity contribution in [3.63, 3.8) is 0 Å². The Morgan fingerprint density at radius 2 is 2.25 bits per heavy atom. The van der Waals surface area contributed by atoms with Gasteiger partial charge >= 0.3 is 0 Å². The maximum atomic E-state index is 10.5. The van der Waals surface area contributed by atoms with E-state index in [1.54, 1.807) is 24.5 Å². The molecule has 0 unspecified atom stereocenters. The molecule has 0 fully saturated rings. The minimum absolute atomic E-state index is 0.459. The summed E-state index contributed by atoms with van der Waals surface area (Å²) >= 11 is 0. The standard InChI is InChI=1S/C8H10N2O2/c1-2-12-10(7-11)8-3-5-9-6-4-8/h3-7H,2H2,1H3. The van der Waals surface area contributed by atoms with Gasteiger partial charge in [0, 0.05) is 12.4 Å². The van der Waals surface area contributed by atoms with Gasteiger partial charge in [0.25, 0.3) is 0 Å². The molecule has 1 rings (SSSR count). The quantitative estimate of drug-likeness (QED) is 0.495. The van der Waals surface area contributed by atoms with Gasteiger partial charge in [-0.25, -0.2) is 0 Å². The van der Waals surface area contributed by atoms with Crippen molar-refractivity contribution in [2.75, 3.05) is 11.7 Å². The Morgan fingerprint density at radius 1 is 1.58 bits per heavy atom. The molecule has 1 amide bonds. The van der Waals surface area contributed by atoms with Gasteiger partial charge in [-0.15, -0.1) is 0 Å². The van der Waals surface area contributed by atoms with Crippen LogP contribution in [0.2, 0.25) is 0 Å². The third kappa shape index (κ3) is 2.03. The highest BCUT2D eigenvalue weighted by Gasteiger charge is 2.02. The van der Waals surface area contributed by atoms with Crippen molar-refractivity contribution >= 4 is 12.1 Å². The zero-order valence-corrected chi connectivity index (χ0v) is 6.80. The molecule has 0 aromatic carbocycles. The first kappa shape index (κ1) is 8.67. The Morgan fingerprint density at radius 3 is 2.75 bits per heavy atom. The van der Waals surface area contributed by atoms with Gasteiger partial charge in [-0.3, -0.25) is 14.6 Å². The van der Waals surface area contributed by atoms with Crippen LogP contribution in [0.3, 0.4) is 0 Å². The second-order valence-corrected chi connectivity index (χ2v) is 2.05. The van der Waals surface area contributed by atoms with Crippen LogP contribution in [0.15, 0.2) is 24.5 Å². The Labute approximate surface area is 70.7 Å². The van der Waals surface area contributed by atoms with Crippen LogP contribution in [0.4, 0.5) is 5.69 Å². The van der Waals surface area contributed by atoms with Crippen molar-refractivity contribution in [1.82, 2.24) is 4.98 Å². The molecule has 1 aromatic rings. The smallest absolute Gasteiger partial charge is 0.238 e. The van der Waals surface area contributed by atoms with Crippen molar-refractivity contribution in [2.24, 2.45) is 0 Å². The molecule has 1 aromatic heterocycles. The maximum Gasteiger partial charge on any atom is 0.238 e. The normalized spacial score (nSPS) is 9.42. The number of hydroxylamine groups is 1. The largest absolute Gasteiger partial charge is 0.276 e. The van der Waals surface area contributed by atoms with E-state index in [-0.39, 0.29) is 0 Å². The summed E-state index contributed by atoms with van der Waals surface area (Å²) in [5.74, 6) is 0. The van der Waals surface area contributed by atoms with Crippen molar-refractivity contribution in [3.8, 4) is 0 Å². The number of nitrogens with zero attached hydrogens (tertiary/aromatic N) is 2. The molecule has 0 aliphatic heterocycles. The molecule has 0 bridgehead atoms. The van der Waals surface area contributed by atoms with E-state index in [9.17, 15) is 4.79 Å². The van der Waals surface area contributed by atoms with E-state index >= 15 is 0 Å². The van der Waals surface area contributed by atoms with Crippen LogP contribution < -0.4 is 5.06 Å². The van der Waals surface area contributed by atoms with Crippen LogP contribution in [0.5, 0.6) is 0 Å². The Balaban J connectivity index is 2.73. The number of anilines is 1. The molecular formula is C8H10N2O2. The summed E-state index contributed by atoms with van der Waals surface area (Å²) in [6, 6.07) is 3.40. The minimum atomic E-state index is 0.459. The molecule has 4 nitrogen and oxygen atoms in total. The molecule has 0 saturated carbocycles. The summed E-state index contributed by atoms with van der Waals surface area (Å²) < 4.78 is 0. The number of rotatable bonds is 4. The molecule has 0 spiro atoms. The number of carbonyl (C=O) groups is 1. The SMILES string of the molecule is CCON(C=O)c1ccncc1. The number of hydrogen-bond acceptors (Lipinski definition) is 3. The fourth-order valence-electron chi connectivity index (χ4n) is 0.796. The average molecular weight is 166 g/mol. The van der Waals surface area contributed by atoms with Crippen LogP contribution in [-0.2, 0) is 9.63 Å². The second-order valence-electron chi connectivity index (χ2n) is 2.05. The fraction of sp³-hybridized carbons (Fsp3) is 0.250. The molecule has 0 N–H and O–H groups in total. The van der Waals surface area contributed by atoms with Crippen LogP contribution in [0.25, 0.3) is 0 Å². The monoisotopic (exact) mass is 166 g/mol. The van der Waals surface area contributed by atoms with Crippen LogP contribution >= 0.6 is 0 Å². The number of pyridine rings is 1. The van der Waals surface area contributed by atoms with E-state index in [1.165, 1.54) is 5.06 Å². The van der Waals surface area contributed by atoms with Gasteiger partial charge in [-0.2, -0.15) is 5.06 Å². The Bertz CT molecular complexity index is 238. The lowest BCUT2D eigenvalue weighted by atomic mass is 10.4. The zero-order chi connectivity index (χ0) is 8.81. The topological polar surface area (TPSA) is 42.4 Å². The third-order valence-electron chi connectivity index (χ3n) is 1.28. The summed E-state index contributed by atoms with van der Waals surface area (Å²) in [7, 11) is 0. The van der Waals surface area contributed by atoms with Gasteiger partial charge in [-0.05, 0) is 19.1 Å². The van der Waals surface area contributed by atoms with E-state index in [2.05, 4.69) is 4.98 Å². The van der Waals surface area contributed by atoms with Gasteiger partial charge in [0.2, 0.25) is 6.41 Å². The molecule has 4 heteroatoms. The molecule has 1 heterocycles. The van der Waals surface area contributed by atoms with Crippen LogP contribution in [0, 0.1) is 0 Å². The van der Waals surface area contributed by atoms with E-state index < -0.39 is 0 Å². The predicted octanol–water partition coefficient (Wildman–Crippen LogP) is 0.996. The zero-order valence-electron chi connectivity index (χ0n) is 6.80. The molecule has 0 atom stereocenters. The Hall–Kier alpha value is -1.42. The first-order valence-corrected chi connectivity index (χ1v) is 3.66. The Kier molecular flexibility index (Phi) is 3.22. The van der Waals surface area contributed by atoms with Gasteiger partial charge in [-0.1, -0.05) is 0 Å². The highest BCUT2D eigenvalue weighted by molar-refractivity contribution is 5.71. The maximum absolute atomic E-state index is 10.5. The molecule has 0 aliphatic rings. The van der Waals surface area contributed by atoms with Crippen molar-refractivity contribution in [1.29, 1.82) is 0 Å². The summed E-state index contributed by atoms with van der Waals surface area (Å²) in [6.45, 7) is 2.28. The highest BCUT2D eigenvalue weighted by atomic mass is 16.7. The van der Waals surface area contributed by atoms with Crippen molar-refractivity contribution in [2.45, 2.75) is 6.92 Å². The lowest BCUT2D eigenvalue weighted by Crippen LogP contribution is -2.21. The van der Waals surface area contributed by atoms with E-state index in [4.69, 9.17) is 4.84 Å². The average Bonchev–Trinajstić information content (AvgIpc) is 2.15. The highest BCUT2D eigenvalue weighted by Crippen LogP contribution is 2.09. The van der Waals surface area contributed by atoms with Gasteiger partial charge in [0.1, 0.15) is 0 Å². The third-order valence-corrected chi connectivity index (χ3v) is 1.28. The number of carbonyl (C=O) groups excluding carboxylic acids is 1. The van der Waals surface area contributed by atoms with Crippen molar-refractivity contribution in [3.05, 3.63) is 24.5 Å². The lowest BCUT2D eigenvalue weighted by Gasteiger charge is -2.14. The molecule has 0 aliphatic carbocycles. The summed E-state index contributed by atoms with van der Waals surface area (Å²) in [6.07, 6.45) is 3.83.